The van der Waals surface area contributed by atoms with Gasteiger partial charge in [-0.05, 0) is 48.2 Å². The van der Waals surface area contributed by atoms with Crippen LogP contribution in [-0.2, 0) is 21.1 Å². The molecule has 5 nitrogen and oxygen atoms in total. The second kappa shape index (κ2) is 9.66. The summed E-state index contributed by atoms with van der Waals surface area (Å²) in [7, 11) is 0. The molecule has 0 spiro atoms. The van der Waals surface area contributed by atoms with Gasteiger partial charge in [0.2, 0.25) is 0 Å². The molecule has 0 amide bonds. The van der Waals surface area contributed by atoms with Gasteiger partial charge in [0.25, 0.3) is 0 Å². The topological polar surface area (TPSA) is 33.5 Å². The summed E-state index contributed by atoms with van der Waals surface area (Å²) in [6.07, 6.45) is 1.82. The van der Waals surface area contributed by atoms with Gasteiger partial charge >= 0.3 is 21.1 Å². The number of hydrogen-bond donors (Lipinski definition) is 0. The Hall–Kier alpha value is -4.08. The van der Waals surface area contributed by atoms with E-state index in [9.17, 15) is 0 Å². The SMILES string of the molecule is [2H]C([2H])([2H])N1CN(c2[c-]c(Oc3[c-]c4c(cc3)c3ccccc3n4-c3cc(C)ccn3)ccc2)c2ccccc21.[Pt+2]. The first-order valence-corrected chi connectivity index (χ1v) is 12.1. The number of rotatable bonds is 4. The van der Waals surface area contributed by atoms with E-state index >= 15 is 0 Å². The summed E-state index contributed by atoms with van der Waals surface area (Å²) in [5.74, 6) is 1.87. The molecule has 188 valence electrons. The average molecular weight is 679 g/mol. The van der Waals surface area contributed by atoms with Crippen LogP contribution in [0.5, 0.6) is 11.5 Å². The molecule has 0 saturated carbocycles. The van der Waals surface area contributed by atoms with Gasteiger partial charge in [-0.25, -0.2) is 4.98 Å². The predicted molar refractivity (Wildman–Crippen MR) is 149 cm³/mol. The van der Waals surface area contributed by atoms with E-state index < -0.39 is 6.98 Å². The van der Waals surface area contributed by atoms with E-state index in [4.69, 9.17) is 8.85 Å². The van der Waals surface area contributed by atoms with Crippen molar-refractivity contribution >= 4 is 38.9 Å². The summed E-state index contributed by atoms with van der Waals surface area (Å²) >= 11 is 0. The molecule has 0 unspecified atom stereocenters. The van der Waals surface area contributed by atoms with Crippen LogP contribution >= 0.6 is 0 Å². The summed E-state index contributed by atoms with van der Waals surface area (Å²) in [5.41, 5.74) is 5.23. The van der Waals surface area contributed by atoms with Crippen molar-refractivity contribution in [2.75, 3.05) is 23.4 Å². The minimum Gasteiger partial charge on any atom is -0.509 e. The van der Waals surface area contributed by atoms with E-state index in [1.54, 1.807) is 0 Å². The number of aryl methyl sites for hydroxylation is 1. The van der Waals surface area contributed by atoms with Crippen molar-refractivity contribution in [3.63, 3.8) is 0 Å². The van der Waals surface area contributed by atoms with Gasteiger partial charge in [0.1, 0.15) is 5.82 Å². The molecular formula is C32H24N4OPt. The fourth-order valence-corrected chi connectivity index (χ4v) is 5.01. The number of fused-ring (bicyclic) bond motifs is 4. The van der Waals surface area contributed by atoms with E-state index in [-0.39, 0.29) is 27.7 Å². The summed E-state index contributed by atoms with van der Waals surface area (Å²) in [6, 6.07) is 36.2. The minimum absolute atomic E-state index is 0. The summed E-state index contributed by atoms with van der Waals surface area (Å²) in [6.45, 7) is -0.0123. The number of anilines is 3. The molecule has 7 rings (SSSR count). The fourth-order valence-electron chi connectivity index (χ4n) is 5.01. The molecule has 2 aromatic heterocycles. The smallest absolute Gasteiger partial charge is 0.509 e. The van der Waals surface area contributed by atoms with Crippen LogP contribution in [-0.4, -0.2) is 23.2 Å². The zero-order valence-electron chi connectivity index (χ0n) is 23.5. The number of para-hydroxylation sites is 3. The molecule has 0 aliphatic carbocycles. The second-order valence-electron chi connectivity index (χ2n) is 9.12. The summed E-state index contributed by atoms with van der Waals surface area (Å²) in [5, 5.41) is 2.17. The van der Waals surface area contributed by atoms with Crippen molar-refractivity contribution in [1.29, 1.82) is 0 Å². The number of hydrogen-bond acceptors (Lipinski definition) is 4. The maximum absolute atomic E-state index is 7.99. The monoisotopic (exact) mass is 678 g/mol. The van der Waals surface area contributed by atoms with Crippen LogP contribution in [0.4, 0.5) is 17.1 Å². The third-order valence-electron chi connectivity index (χ3n) is 6.70. The van der Waals surface area contributed by atoms with E-state index in [0.29, 0.717) is 17.2 Å². The fraction of sp³-hybridized carbons (Fsp3) is 0.0938. The number of benzene rings is 4. The Bertz CT molecular complexity index is 1900. The molecule has 0 radical (unpaired) electrons. The first-order chi connectivity index (χ1) is 19.4. The van der Waals surface area contributed by atoms with E-state index in [0.717, 1.165) is 44.6 Å². The van der Waals surface area contributed by atoms with Gasteiger partial charge in [-0.15, -0.1) is 35.7 Å². The van der Waals surface area contributed by atoms with Crippen LogP contribution in [0, 0.1) is 19.1 Å². The molecule has 0 atom stereocenters. The van der Waals surface area contributed by atoms with Crippen molar-refractivity contribution in [3.05, 3.63) is 115 Å². The molecule has 3 heterocycles. The quantitative estimate of drug-likeness (QED) is 0.182. The van der Waals surface area contributed by atoms with Crippen LogP contribution in [0.1, 0.15) is 9.68 Å². The largest absolute Gasteiger partial charge is 2.00 e. The Morgan fingerprint density at radius 3 is 2.53 bits per heavy atom. The normalized spacial score (nSPS) is 14.1. The summed E-state index contributed by atoms with van der Waals surface area (Å²) in [4.78, 5) is 7.99. The number of pyridine rings is 1. The van der Waals surface area contributed by atoms with Crippen LogP contribution in [0.2, 0.25) is 0 Å². The average Bonchev–Trinajstić information content (AvgIpc) is 3.50. The van der Waals surface area contributed by atoms with Gasteiger partial charge in [0.15, 0.2) is 0 Å². The standard InChI is InChI=1S/C32H24N4O.Pt/c1-22-16-17-33-32(18-22)36-28-11-4-3-10-26(28)27-15-14-25(20-31(27)36)37-24-9-7-8-23(19-24)35-21-34(2)29-12-5-6-13-30(29)35;/h3-18H,21H2,1-2H3;/q-2;+2/i2D3;. The van der Waals surface area contributed by atoms with E-state index in [1.165, 1.54) is 4.90 Å². The minimum atomic E-state index is -2.26. The van der Waals surface area contributed by atoms with Crippen LogP contribution in [0.15, 0.2) is 97.2 Å². The maximum atomic E-state index is 7.99. The first-order valence-electron chi connectivity index (χ1n) is 13.6. The molecule has 6 heteroatoms. The Kier molecular flexibility index (Phi) is 5.32. The van der Waals surface area contributed by atoms with Gasteiger partial charge in [0, 0.05) is 34.3 Å². The van der Waals surface area contributed by atoms with E-state index in [2.05, 4.69) is 46.8 Å². The molecule has 1 aliphatic rings. The van der Waals surface area contributed by atoms with Crippen molar-refractivity contribution < 1.29 is 29.9 Å². The van der Waals surface area contributed by atoms with Gasteiger partial charge in [-0.1, -0.05) is 41.5 Å². The van der Waals surface area contributed by atoms with Crippen LogP contribution in [0.25, 0.3) is 27.6 Å². The Morgan fingerprint density at radius 2 is 1.66 bits per heavy atom. The third kappa shape index (κ3) is 4.04. The van der Waals surface area contributed by atoms with Gasteiger partial charge in [0.05, 0.1) is 18.0 Å². The van der Waals surface area contributed by atoms with E-state index in [1.807, 2.05) is 83.9 Å². The van der Waals surface area contributed by atoms with Crippen molar-refractivity contribution in [2.24, 2.45) is 0 Å². The molecule has 6 aromatic rings. The first kappa shape index (κ1) is 20.9. The number of aromatic nitrogens is 2. The van der Waals surface area contributed by atoms with Gasteiger partial charge in [-0.3, -0.25) is 0 Å². The number of nitrogens with zero attached hydrogens (tertiary/aromatic N) is 4. The molecule has 4 aromatic carbocycles. The Labute approximate surface area is 240 Å². The molecule has 1 aliphatic heterocycles. The molecular weight excluding hydrogens is 651 g/mol. The second-order valence-corrected chi connectivity index (χ2v) is 9.12. The zero-order chi connectivity index (χ0) is 27.4. The molecule has 0 bridgehead atoms. The van der Waals surface area contributed by atoms with Crippen LogP contribution < -0.4 is 14.5 Å². The molecule has 0 fully saturated rings. The Balaban J connectivity index is 0.00000302. The molecule has 0 N–H and O–H groups in total. The zero-order valence-corrected chi connectivity index (χ0v) is 22.7. The van der Waals surface area contributed by atoms with Gasteiger partial charge < -0.3 is 19.1 Å². The van der Waals surface area contributed by atoms with Crippen molar-refractivity contribution in [1.82, 2.24) is 9.55 Å². The Morgan fingerprint density at radius 1 is 0.842 bits per heavy atom. The maximum Gasteiger partial charge on any atom is 2.00 e. The number of ether oxygens (including phenoxy) is 1. The van der Waals surface area contributed by atoms with Crippen molar-refractivity contribution in [2.45, 2.75) is 6.92 Å². The van der Waals surface area contributed by atoms with Crippen LogP contribution in [0.3, 0.4) is 0 Å². The summed E-state index contributed by atoms with van der Waals surface area (Å²) < 4.78 is 32.4. The molecule has 38 heavy (non-hydrogen) atoms. The predicted octanol–water partition coefficient (Wildman–Crippen LogP) is 7.42. The van der Waals surface area contributed by atoms with Crippen molar-refractivity contribution in [3.8, 4) is 17.3 Å². The third-order valence-corrected chi connectivity index (χ3v) is 6.70. The van der Waals surface area contributed by atoms with Gasteiger partial charge in [-0.2, -0.15) is 12.1 Å². The molecule has 0 saturated heterocycles.